The minimum Gasteiger partial charge on any atom is -0.493 e. The molecule has 0 saturated carbocycles. The van der Waals surface area contributed by atoms with Gasteiger partial charge < -0.3 is 14.8 Å². The van der Waals surface area contributed by atoms with Gasteiger partial charge in [-0.15, -0.1) is 6.58 Å². The van der Waals surface area contributed by atoms with Crippen molar-refractivity contribution in [1.82, 2.24) is 0 Å². The van der Waals surface area contributed by atoms with Gasteiger partial charge >= 0.3 is 0 Å². The van der Waals surface area contributed by atoms with Gasteiger partial charge in [-0.1, -0.05) is 30.3 Å². The molecule has 0 saturated heterocycles. The first-order chi connectivity index (χ1) is 10.8. The standard InChI is InChI=1S/C19H23NO2/c1-4-9-17(20-16-10-7-6-8-11-16)15-12-13-18(21-3)19(14-15)22-5-2/h4,6-8,10-14,17,20H,1,5,9H2,2-3H3. The Morgan fingerprint density at radius 2 is 1.91 bits per heavy atom. The van der Waals surface area contributed by atoms with Crippen LogP contribution in [-0.2, 0) is 0 Å². The number of hydrogen-bond acceptors (Lipinski definition) is 3. The summed E-state index contributed by atoms with van der Waals surface area (Å²) < 4.78 is 11.0. The first-order valence-corrected chi connectivity index (χ1v) is 7.51. The number of benzene rings is 2. The molecular formula is C19H23NO2. The maximum atomic E-state index is 5.67. The van der Waals surface area contributed by atoms with Crippen molar-refractivity contribution in [2.45, 2.75) is 19.4 Å². The lowest BCUT2D eigenvalue weighted by atomic mass is 10.0. The fourth-order valence-electron chi connectivity index (χ4n) is 2.36. The molecule has 1 N–H and O–H groups in total. The van der Waals surface area contributed by atoms with Crippen LogP contribution < -0.4 is 14.8 Å². The van der Waals surface area contributed by atoms with E-state index in [4.69, 9.17) is 9.47 Å². The van der Waals surface area contributed by atoms with Crippen LogP contribution in [0.2, 0.25) is 0 Å². The molecule has 0 spiro atoms. The van der Waals surface area contributed by atoms with Gasteiger partial charge in [-0.25, -0.2) is 0 Å². The van der Waals surface area contributed by atoms with Crippen molar-refractivity contribution in [2.75, 3.05) is 19.0 Å². The maximum absolute atomic E-state index is 5.67. The second-order valence-corrected chi connectivity index (χ2v) is 4.93. The number of rotatable bonds is 8. The zero-order chi connectivity index (χ0) is 15.8. The van der Waals surface area contributed by atoms with Crippen molar-refractivity contribution in [2.24, 2.45) is 0 Å². The largest absolute Gasteiger partial charge is 0.493 e. The summed E-state index contributed by atoms with van der Waals surface area (Å²) in [4.78, 5) is 0. The highest BCUT2D eigenvalue weighted by molar-refractivity contribution is 5.49. The van der Waals surface area contributed by atoms with Gasteiger partial charge in [0, 0.05) is 5.69 Å². The van der Waals surface area contributed by atoms with Crippen LogP contribution in [0, 0.1) is 0 Å². The van der Waals surface area contributed by atoms with Crippen LogP contribution >= 0.6 is 0 Å². The smallest absolute Gasteiger partial charge is 0.161 e. The van der Waals surface area contributed by atoms with Crippen molar-refractivity contribution >= 4 is 5.69 Å². The fourth-order valence-corrected chi connectivity index (χ4v) is 2.36. The molecule has 0 aliphatic rings. The van der Waals surface area contributed by atoms with E-state index in [-0.39, 0.29) is 6.04 Å². The quantitative estimate of drug-likeness (QED) is 0.708. The molecule has 1 atom stereocenters. The summed E-state index contributed by atoms with van der Waals surface area (Å²) in [5.41, 5.74) is 2.23. The van der Waals surface area contributed by atoms with Crippen LogP contribution in [0.5, 0.6) is 11.5 Å². The minimum absolute atomic E-state index is 0.144. The van der Waals surface area contributed by atoms with E-state index in [9.17, 15) is 0 Å². The zero-order valence-electron chi connectivity index (χ0n) is 13.2. The normalized spacial score (nSPS) is 11.5. The molecule has 22 heavy (non-hydrogen) atoms. The van der Waals surface area contributed by atoms with Gasteiger partial charge in [0.2, 0.25) is 0 Å². The number of nitrogens with one attached hydrogen (secondary N) is 1. The summed E-state index contributed by atoms with van der Waals surface area (Å²) in [5, 5.41) is 3.54. The molecule has 2 aromatic rings. The average molecular weight is 297 g/mol. The van der Waals surface area contributed by atoms with Crippen LogP contribution in [0.3, 0.4) is 0 Å². The number of methoxy groups -OCH3 is 1. The summed E-state index contributed by atoms with van der Waals surface area (Å²) >= 11 is 0. The van der Waals surface area contributed by atoms with Crippen LogP contribution in [0.1, 0.15) is 24.9 Å². The molecule has 0 radical (unpaired) electrons. The predicted molar refractivity (Wildman–Crippen MR) is 91.8 cm³/mol. The predicted octanol–water partition coefficient (Wildman–Crippen LogP) is 4.82. The summed E-state index contributed by atoms with van der Waals surface area (Å²) in [5.74, 6) is 1.52. The van der Waals surface area contributed by atoms with E-state index < -0.39 is 0 Å². The molecule has 0 aliphatic heterocycles. The van der Waals surface area contributed by atoms with Crippen LogP contribution in [-0.4, -0.2) is 13.7 Å². The molecule has 3 heteroatoms. The van der Waals surface area contributed by atoms with Gasteiger partial charge in [0.25, 0.3) is 0 Å². The number of para-hydroxylation sites is 1. The highest BCUT2D eigenvalue weighted by Gasteiger charge is 2.13. The van der Waals surface area contributed by atoms with E-state index >= 15 is 0 Å². The molecule has 1 unspecified atom stereocenters. The van der Waals surface area contributed by atoms with E-state index in [1.165, 1.54) is 0 Å². The highest BCUT2D eigenvalue weighted by Crippen LogP contribution is 2.32. The lowest BCUT2D eigenvalue weighted by Gasteiger charge is -2.20. The van der Waals surface area contributed by atoms with Crippen molar-refractivity contribution in [3.05, 3.63) is 66.7 Å². The fraction of sp³-hybridized carbons (Fsp3) is 0.263. The molecule has 0 fully saturated rings. The first-order valence-electron chi connectivity index (χ1n) is 7.51. The molecule has 0 aromatic heterocycles. The molecule has 0 bridgehead atoms. The van der Waals surface area contributed by atoms with Crippen molar-refractivity contribution in [1.29, 1.82) is 0 Å². The molecule has 116 valence electrons. The van der Waals surface area contributed by atoms with Crippen molar-refractivity contribution < 1.29 is 9.47 Å². The zero-order valence-corrected chi connectivity index (χ0v) is 13.2. The lowest BCUT2D eigenvalue weighted by Crippen LogP contribution is -2.10. The summed E-state index contributed by atoms with van der Waals surface area (Å²) in [6.07, 6.45) is 2.75. The van der Waals surface area contributed by atoms with Gasteiger partial charge in [0.15, 0.2) is 11.5 Å². The maximum Gasteiger partial charge on any atom is 0.161 e. The monoisotopic (exact) mass is 297 g/mol. The van der Waals surface area contributed by atoms with E-state index in [2.05, 4.69) is 30.1 Å². The summed E-state index contributed by atoms with van der Waals surface area (Å²) in [6.45, 7) is 6.44. The molecule has 0 heterocycles. The van der Waals surface area contributed by atoms with Gasteiger partial charge in [-0.05, 0) is 43.2 Å². The van der Waals surface area contributed by atoms with Gasteiger partial charge in [0.05, 0.1) is 19.8 Å². The molecule has 3 nitrogen and oxygen atoms in total. The highest BCUT2D eigenvalue weighted by atomic mass is 16.5. The van der Waals surface area contributed by atoms with E-state index in [1.54, 1.807) is 7.11 Å². The molecule has 2 rings (SSSR count). The number of hydrogen-bond donors (Lipinski definition) is 1. The topological polar surface area (TPSA) is 30.5 Å². The molecule has 0 amide bonds. The Morgan fingerprint density at radius 1 is 1.14 bits per heavy atom. The van der Waals surface area contributed by atoms with Crippen molar-refractivity contribution in [3.63, 3.8) is 0 Å². The van der Waals surface area contributed by atoms with Gasteiger partial charge in [0.1, 0.15) is 0 Å². The van der Waals surface area contributed by atoms with Crippen molar-refractivity contribution in [3.8, 4) is 11.5 Å². The van der Waals surface area contributed by atoms with E-state index in [1.807, 2.05) is 43.3 Å². The minimum atomic E-state index is 0.144. The first kappa shape index (κ1) is 16.0. The third-order valence-corrected chi connectivity index (χ3v) is 3.41. The SMILES string of the molecule is C=CCC(Nc1ccccc1)c1ccc(OC)c(OCC)c1. The summed E-state index contributed by atoms with van der Waals surface area (Å²) in [7, 11) is 1.65. The van der Waals surface area contributed by atoms with Gasteiger partial charge in [-0.3, -0.25) is 0 Å². The van der Waals surface area contributed by atoms with Crippen LogP contribution in [0.15, 0.2) is 61.2 Å². The van der Waals surface area contributed by atoms with E-state index in [0.29, 0.717) is 6.61 Å². The third-order valence-electron chi connectivity index (χ3n) is 3.41. The second kappa shape index (κ2) is 8.13. The Balaban J connectivity index is 2.27. The van der Waals surface area contributed by atoms with Gasteiger partial charge in [-0.2, -0.15) is 0 Å². The summed E-state index contributed by atoms with van der Waals surface area (Å²) in [6, 6.07) is 16.4. The average Bonchev–Trinajstić information content (AvgIpc) is 2.56. The Labute approximate surface area is 132 Å². The molecule has 0 aliphatic carbocycles. The molecular weight excluding hydrogens is 274 g/mol. The number of anilines is 1. The van der Waals surface area contributed by atoms with E-state index in [0.717, 1.165) is 29.2 Å². The molecule has 2 aromatic carbocycles. The lowest BCUT2D eigenvalue weighted by molar-refractivity contribution is 0.310. The second-order valence-electron chi connectivity index (χ2n) is 4.93. The Hall–Kier alpha value is -2.42. The van der Waals surface area contributed by atoms with Crippen LogP contribution in [0.4, 0.5) is 5.69 Å². The third kappa shape index (κ3) is 4.04. The Kier molecular flexibility index (Phi) is 5.90. The Morgan fingerprint density at radius 3 is 2.55 bits per heavy atom. The van der Waals surface area contributed by atoms with Crippen LogP contribution in [0.25, 0.3) is 0 Å². The Bertz CT molecular complexity index is 596. The number of ether oxygens (including phenoxy) is 2.